The number of pyridine rings is 1. The van der Waals surface area contributed by atoms with Gasteiger partial charge < -0.3 is 4.90 Å². The summed E-state index contributed by atoms with van der Waals surface area (Å²) in [7, 11) is -3.31. The number of anilines is 1. The van der Waals surface area contributed by atoms with Crippen molar-refractivity contribution >= 4 is 27.3 Å². The summed E-state index contributed by atoms with van der Waals surface area (Å²) in [5.74, 6) is 0.897. The van der Waals surface area contributed by atoms with Gasteiger partial charge in [-0.05, 0) is 55.2 Å². The van der Waals surface area contributed by atoms with Gasteiger partial charge >= 0.3 is 0 Å². The molecule has 0 unspecified atom stereocenters. The van der Waals surface area contributed by atoms with Crippen molar-refractivity contribution in [3.05, 3.63) is 41.6 Å². The predicted octanol–water partition coefficient (Wildman–Crippen LogP) is 3.80. The Morgan fingerprint density at radius 2 is 1.87 bits per heavy atom. The first-order valence-electron chi connectivity index (χ1n) is 7.66. The molecular formula is C17H19ClN2O2S. The zero-order valence-electron chi connectivity index (χ0n) is 13.0. The van der Waals surface area contributed by atoms with Gasteiger partial charge in [0.1, 0.15) is 5.82 Å². The van der Waals surface area contributed by atoms with Crippen LogP contribution in [-0.4, -0.2) is 32.7 Å². The second-order valence-corrected chi connectivity index (χ2v) is 8.32. The first-order chi connectivity index (χ1) is 10.9. The zero-order valence-corrected chi connectivity index (χ0v) is 14.6. The molecule has 4 nitrogen and oxygen atoms in total. The SMILES string of the molecule is CS(=O)(=O)c1cc(Cl)cc(-c2cccnc2N2CCCCC2)c1. The lowest BCUT2D eigenvalue weighted by atomic mass is 10.0. The Kier molecular flexibility index (Phi) is 4.60. The summed E-state index contributed by atoms with van der Waals surface area (Å²) in [5, 5.41) is 0.413. The van der Waals surface area contributed by atoms with Crippen LogP contribution in [0.4, 0.5) is 5.82 Å². The van der Waals surface area contributed by atoms with Crippen LogP contribution in [0.5, 0.6) is 0 Å². The van der Waals surface area contributed by atoms with E-state index in [2.05, 4.69) is 9.88 Å². The van der Waals surface area contributed by atoms with Crippen LogP contribution in [0.3, 0.4) is 0 Å². The molecule has 6 heteroatoms. The number of nitrogens with zero attached hydrogens (tertiary/aromatic N) is 2. The lowest BCUT2D eigenvalue weighted by Crippen LogP contribution is -2.30. The molecule has 0 spiro atoms. The maximum Gasteiger partial charge on any atom is 0.175 e. The fourth-order valence-electron chi connectivity index (χ4n) is 2.91. The Hall–Kier alpha value is -1.59. The highest BCUT2D eigenvalue weighted by molar-refractivity contribution is 7.90. The fourth-order valence-corrected chi connectivity index (χ4v) is 3.89. The van der Waals surface area contributed by atoms with Gasteiger partial charge in [-0.3, -0.25) is 0 Å². The molecule has 3 rings (SSSR count). The number of halogens is 1. The molecule has 0 saturated carbocycles. The van der Waals surface area contributed by atoms with Gasteiger partial charge in [-0.2, -0.15) is 0 Å². The largest absolute Gasteiger partial charge is 0.356 e. The molecule has 1 aliphatic heterocycles. The minimum absolute atomic E-state index is 0.230. The van der Waals surface area contributed by atoms with E-state index in [1.54, 1.807) is 18.3 Å². The van der Waals surface area contributed by atoms with Crippen molar-refractivity contribution in [2.45, 2.75) is 24.2 Å². The third kappa shape index (κ3) is 3.67. The predicted molar refractivity (Wildman–Crippen MR) is 93.9 cm³/mol. The van der Waals surface area contributed by atoms with Crippen LogP contribution < -0.4 is 4.90 Å². The van der Waals surface area contributed by atoms with Gasteiger partial charge in [0.15, 0.2) is 9.84 Å². The highest BCUT2D eigenvalue weighted by Crippen LogP contribution is 2.33. The van der Waals surface area contributed by atoms with E-state index < -0.39 is 9.84 Å². The van der Waals surface area contributed by atoms with E-state index in [1.165, 1.54) is 18.7 Å². The standard InChI is InChI=1S/C17H19ClN2O2S/c1-23(21,22)15-11-13(10-14(18)12-15)16-6-5-7-19-17(16)20-8-3-2-4-9-20/h5-7,10-12H,2-4,8-9H2,1H3. The third-order valence-electron chi connectivity index (χ3n) is 4.05. The van der Waals surface area contributed by atoms with Gasteiger partial charge in [-0.25, -0.2) is 13.4 Å². The monoisotopic (exact) mass is 350 g/mol. The Morgan fingerprint density at radius 3 is 2.57 bits per heavy atom. The highest BCUT2D eigenvalue weighted by atomic mass is 35.5. The Morgan fingerprint density at radius 1 is 1.13 bits per heavy atom. The number of rotatable bonds is 3. The van der Waals surface area contributed by atoms with E-state index in [1.807, 2.05) is 12.1 Å². The van der Waals surface area contributed by atoms with E-state index in [9.17, 15) is 8.42 Å². The normalized spacial score (nSPS) is 15.7. The molecule has 0 aliphatic carbocycles. The topological polar surface area (TPSA) is 50.3 Å². The maximum absolute atomic E-state index is 11.9. The van der Waals surface area contributed by atoms with Crippen molar-refractivity contribution in [2.75, 3.05) is 24.2 Å². The van der Waals surface area contributed by atoms with Crippen molar-refractivity contribution in [2.24, 2.45) is 0 Å². The van der Waals surface area contributed by atoms with Crippen LogP contribution in [0, 0.1) is 0 Å². The molecule has 2 aromatic rings. The molecule has 2 heterocycles. The molecule has 1 aromatic heterocycles. The molecule has 122 valence electrons. The van der Waals surface area contributed by atoms with E-state index in [-0.39, 0.29) is 4.90 Å². The van der Waals surface area contributed by atoms with Crippen LogP contribution in [0.15, 0.2) is 41.4 Å². The Labute approximate surface area is 142 Å². The maximum atomic E-state index is 11.9. The average Bonchev–Trinajstić information content (AvgIpc) is 2.54. The van der Waals surface area contributed by atoms with Crippen molar-refractivity contribution in [3.8, 4) is 11.1 Å². The first kappa shape index (κ1) is 16.3. The average molecular weight is 351 g/mol. The minimum atomic E-state index is -3.31. The summed E-state index contributed by atoms with van der Waals surface area (Å²) in [6.07, 6.45) is 6.51. The zero-order chi connectivity index (χ0) is 16.4. The van der Waals surface area contributed by atoms with Gasteiger partial charge in [0.2, 0.25) is 0 Å². The molecule has 0 bridgehead atoms. The fraction of sp³-hybridized carbons (Fsp3) is 0.353. The lowest BCUT2D eigenvalue weighted by molar-refractivity contribution is 0.574. The van der Waals surface area contributed by atoms with Crippen LogP contribution in [0.2, 0.25) is 5.02 Å². The van der Waals surface area contributed by atoms with E-state index >= 15 is 0 Å². The van der Waals surface area contributed by atoms with Gasteiger partial charge in [0, 0.05) is 36.1 Å². The van der Waals surface area contributed by atoms with Crippen molar-refractivity contribution < 1.29 is 8.42 Å². The second-order valence-electron chi connectivity index (χ2n) is 5.87. The van der Waals surface area contributed by atoms with E-state index in [0.29, 0.717) is 5.02 Å². The number of benzene rings is 1. The summed E-state index contributed by atoms with van der Waals surface area (Å²) in [6, 6.07) is 8.78. The van der Waals surface area contributed by atoms with Crippen LogP contribution in [0.25, 0.3) is 11.1 Å². The molecule has 1 fully saturated rings. The second kappa shape index (κ2) is 6.49. The smallest absolute Gasteiger partial charge is 0.175 e. The van der Waals surface area contributed by atoms with Gasteiger partial charge in [0.05, 0.1) is 4.90 Å². The molecule has 0 atom stereocenters. The highest BCUT2D eigenvalue weighted by Gasteiger charge is 2.18. The summed E-state index contributed by atoms with van der Waals surface area (Å²) in [4.78, 5) is 7.03. The molecule has 0 amide bonds. The van der Waals surface area contributed by atoms with E-state index in [4.69, 9.17) is 11.6 Å². The Bertz CT molecular complexity index is 815. The molecular weight excluding hydrogens is 332 g/mol. The van der Waals surface area contributed by atoms with Gasteiger partial charge in [0.25, 0.3) is 0 Å². The lowest BCUT2D eigenvalue weighted by Gasteiger charge is -2.29. The van der Waals surface area contributed by atoms with Crippen molar-refractivity contribution in [3.63, 3.8) is 0 Å². The van der Waals surface area contributed by atoms with Crippen molar-refractivity contribution in [1.82, 2.24) is 4.98 Å². The first-order valence-corrected chi connectivity index (χ1v) is 9.93. The van der Waals surface area contributed by atoms with Crippen molar-refractivity contribution in [1.29, 1.82) is 0 Å². The molecule has 0 radical (unpaired) electrons. The number of sulfone groups is 1. The third-order valence-corrected chi connectivity index (χ3v) is 5.36. The Balaban J connectivity index is 2.10. The summed E-state index contributed by atoms with van der Waals surface area (Å²) in [5.41, 5.74) is 1.70. The summed E-state index contributed by atoms with van der Waals surface area (Å²) >= 11 is 6.15. The summed E-state index contributed by atoms with van der Waals surface area (Å²) in [6.45, 7) is 1.95. The van der Waals surface area contributed by atoms with Crippen LogP contribution in [0.1, 0.15) is 19.3 Å². The molecule has 23 heavy (non-hydrogen) atoms. The van der Waals surface area contributed by atoms with Crippen LogP contribution >= 0.6 is 11.6 Å². The number of hydrogen-bond acceptors (Lipinski definition) is 4. The summed E-state index contributed by atoms with van der Waals surface area (Å²) < 4.78 is 23.7. The minimum Gasteiger partial charge on any atom is -0.356 e. The number of hydrogen-bond donors (Lipinski definition) is 0. The quantitative estimate of drug-likeness (QED) is 0.845. The molecule has 1 aromatic carbocycles. The molecule has 0 N–H and O–H groups in total. The van der Waals surface area contributed by atoms with Gasteiger partial charge in [-0.15, -0.1) is 0 Å². The van der Waals surface area contributed by atoms with E-state index in [0.717, 1.165) is 42.9 Å². The number of aromatic nitrogens is 1. The number of piperidine rings is 1. The van der Waals surface area contributed by atoms with Crippen LogP contribution in [-0.2, 0) is 9.84 Å². The van der Waals surface area contributed by atoms with Gasteiger partial charge in [-0.1, -0.05) is 11.6 Å². The molecule has 1 aliphatic rings. The molecule has 1 saturated heterocycles.